The van der Waals surface area contributed by atoms with Gasteiger partial charge in [-0.25, -0.2) is 4.98 Å². The third kappa shape index (κ3) is 4.93. The van der Waals surface area contributed by atoms with E-state index in [-0.39, 0.29) is 11.9 Å². The summed E-state index contributed by atoms with van der Waals surface area (Å²) in [5.41, 5.74) is 3.32. The molecule has 0 aliphatic rings. The number of amides is 1. The van der Waals surface area contributed by atoms with Gasteiger partial charge in [0.15, 0.2) is 0 Å². The average molecular weight is 346 g/mol. The largest absolute Gasteiger partial charge is 0.439 e. The smallest absolute Gasteiger partial charge is 0.219 e. The summed E-state index contributed by atoms with van der Waals surface area (Å²) in [6.07, 6.45) is 2.62. The fourth-order valence-corrected chi connectivity index (χ4v) is 2.81. The van der Waals surface area contributed by atoms with Crippen molar-refractivity contribution in [2.24, 2.45) is 0 Å². The van der Waals surface area contributed by atoms with Crippen molar-refractivity contribution >= 4 is 5.91 Å². The maximum absolute atomic E-state index is 11.1. The molecule has 0 saturated heterocycles. The summed E-state index contributed by atoms with van der Waals surface area (Å²) in [6, 6.07) is 21.9. The molecule has 4 heteroatoms. The Morgan fingerprint density at radius 2 is 1.69 bits per heavy atom. The molecule has 4 nitrogen and oxygen atoms in total. The maximum Gasteiger partial charge on any atom is 0.219 e. The van der Waals surface area contributed by atoms with Crippen molar-refractivity contribution in [2.45, 2.75) is 26.3 Å². The van der Waals surface area contributed by atoms with Crippen LogP contribution in [0.25, 0.3) is 11.1 Å². The highest BCUT2D eigenvalue weighted by Gasteiger charge is 2.06. The molecule has 1 atom stereocenters. The Labute approximate surface area is 153 Å². The van der Waals surface area contributed by atoms with Crippen LogP contribution in [-0.2, 0) is 11.2 Å². The van der Waals surface area contributed by atoms with E-state index in [4.69, 9.17) is 4.74 Å². The average Bonchev–Trinajstić information content (AvgIpc) is 2.63. The number of rotatable bonds is 6. The topological polar surface area (TPSA) is 51.2 Å². The van der Waals surface area contributed by atoms with Gasteiger partial charge < -0.3 is 10.1 Å². The molecule has 0 aliphatic heterocycles. The Morgan fingerprint density at radius 3 is 2.31 bits per heavy atom. The Hall–Kier alpha value is -3.14. The Bertz CT molecular complexity index is 844. The van der Waals surface area contributed by atoms with Crippen molar-refractivity contribution < 1.29 is 9.53 Å². The lowest BCUT2D eigenvalue weighted by atomic mass is 10.0. The molecule has 3 rings (SSSR count). The molecule has 1 N–H and O–H groups in total. The van der Waals surface area contributed by atoms with Gasteiger partial charge in [-0.2, -0.15) is 0 Å². The highest BCUT2D eigenvalue weighted by Crippen LogP contribution is 2.23. The monoisotopic (exact) mass is 346 g/mol. The first kappa shape index (κ1) is 17.7. The van der Waals surface area contributed by atoms with E-state index in [1.54, 1.807) is 0 Å². The standard InChI is InChI=1S/C22H22N2O2/c1-16(24-17(2)25)14-18-8-10-19(11-9-18)20-12-13-22(23-15-20)26-21-6-4-3-5-7-21/h3-13,15-16H,14H2,1-2H3,(H,24,25)/t16-/m0/s1. The number of hydrogen-bond acceptors (Lipinski definition) is 3. The lowest BCUT2D eigenvalue weighted by Gasteiger charge is -2.12. The van der Waals surface area contributed by atoms with Gasteiger partial charge in [-0.05, 0) is 42.7 Å². The molecule has 0 bridgehead atoms. The molecule has 132 valence electrons. The molecule has 3 aromatic rings. The van der Waals surface area contributed by atoms with E-state index in [0.29, 0.717) is 5.88 Å². The number of carbonyl (C=O) groups is 1. The van der Waals surface area contributed by atoms with Crippen LogP contribution in [0.15, 0.2) is 72.9 Å². The van der Waals surface area contributed by atoms with Gasteiger partial charge in [0.2, 0.25) is 11.8 Å². The first-order chi connectivity index (χ1) is 12.6. The minimum Gasteiger partial charge on any atom is -0.439 e. The minimum atomic E-state index is -0.00185. The number of para-hydroxylation sites is 1. The predicted octanol–water partition coefficient (Wildman–Crippen LogP) is 4.61. The first-order valence-electron chi connectivity index (χ1n) is 8.65. The molecule has 0 unspecified atom stereocenters. The quantitative estimate of drug-likeness (QED) is 0.709. The van der Waals surface area contributed by atoms with Crippen LogP contribution in [0.3, 0.4) is 0 Å². The van der Waals surface area contributed by atoms with E-state index in [0.717, 1.165) is 23.3 Å². The fourth-order valence-electron chi connectivity index (χ4n) is 2.81. The zero-order chi connectivity index (χ0) is 18.4. The summed E-state index contributed by atoms with van der Waals surface area (Å²) in [7, 11) is 0. The highest BCUT2D eigenvalue weighted by atomic mass is 16.5. The van der Waals surface area contributed by atoms with Gasteiger partial charge in [0.05, 0.1) is 0 Å². The van der Waals surface area contributed by atoms with Crippen LogP contribution in [0, 0.1) is 0 Å². The maximum atomic E-state index is 11.1. The molecule has 1 heterocycles. The van der Waals surface area contributed by atoms with E-state index in [9.17, 15) is 4.79 Å². The van der Waals surface area contributed by atoms with Crippen LogP contribution in [0.5, 0.6) is 11.6 Å². The second kappa shape index (κ2) is 8.30. The van der Waals surface area contributed by atoms with E-state index < -0.39 is 0 Å². The van der Waals surface area contributed by atoms with Gasteiger partial charge in [-0.1, -0.05) is 42.5 Å². The van der Waals surface area contributed by atoms with Gasteiger partial charge in [-0.15, -0.1) is 0 Å². The number of ether oxygens (including phenoxy) is 1. The fraction of sp³-hybridized carbons (Fsp3) is 0.182. The molecule has 1 aromatic heterocycles. The molecule has 26 heavy (non-hydrogen) atoms. The number of benzene rings is 2. The molecular formula is C22H22N2O2. The number of nitrogens with one attached hydrogen (secondary N) is 1. The summed E-state index contributed by atoms with van der Waals surface area (Å²) in [5, 5.41) is 2.90. The van der Waals surface area contributed by atoms with Crippen LogP contribution >= 0.6 is 0 Å². The number of nitrogens with zero attached hydrogens (tertiary/aromatic N) is 1. The third-order valence-corrected chi connectivity index (χ3v) is 3.98. The van der Waals surface area contributed by atoms with Gasteiger partial charge in [0.25, 0.3) is 0 Å². The summed E-state index contributed by atoms with van der Waals surface area (Å²) in [6.45, 7) is 3.54. The SMILES string of the molecule is CC(=O)N[C@@H](C)Cc1ccc(-c2ccc(Oc3ccccc3)nc2)cc1. The second-order valence-electron chi connectivity index (χ2n) is 6.30. The summed E-state index contributed by atoms with van der Waals surface area (Å²) < 4.78 is 5.72. The normalized spacial score (nSPS) is 11.6. The van der Waals surface area contributed by atoms with Crippen molar-refractivity contribution in [2.75, 3.05) is 0 Å². The van der Waals surface area contributed by atoms with Crippen molar-refractivity contribution in [1.82, 2.24) is 10.3 Å². The Balaban J connectivity index is 1.64. The van der Waals surface area contributed by atoms with E-state index in [2.05, 4.69) is 34.6 Å². The van der Waals surface area contributed by atoms with Gasteiger partial charge in [0.1, 0.15) is 5.75 Å². The molecule has 0 radical (unpaired) electrons. The van der Waals surface area contributed by atoms with Crippen molar-refractivity contribution in [3.8, 4) is 22.8 Å². The molecule has 0 aliphatic carbocycles. The van der Waals surface area contributed by atoms with Crippen molar-refractivity contribution in [1.29, 1.82) is 0 Å². The van der Waals surface area contributed by atoms with Crippen LogP contribution in [0.2, 0.25) is 0 Å². The third-order valence-electron chi connectivity index (χ3n) is 3.98. The summed E-state index contributed by atoms with van der Waals surface area (Å²) >= 11 is 0. The van der Waals surface area contributed by atoms with E-state index in [1.807, 2.05) is 55.6 Å². The number of carbonyl (C=O) groups excluding carboxylic acids is 1. The number of hydrogen-bond donors (Lipinski definition) is 1. The highest BCUT2D eigenvalue weighted by molar-refractivity contribution is 5.73. The molecule has 1 amide bonds. The van der Waals surface area contributed by atoms with Crippen molar-refractivity contribution in [3.63, 3.8) is 0 Å². The lowest BCUT2D eigenvalue weighted by Crippen LogP contribution is -2.31. The van der Waals surface area contributed by atoms with Gasteiger partial charge in [0, 0.05) is 30.8 Å². The zero-order valence-corrected chi connectivity index (χ0v) is 15.0. The van der Waals surface area contributed by atoms with Crippen molar-refractivity contribution in [3.05, 3.63) is 78.5 Å². The van der Waals surface area contributed by atoms with Crippen LogP contribution < -0.4 is 10.1 Å². The van der Waals surface area contributed by atoms with Gasteiger partial charge >= 0.3 is 0 Å². The van der Waals surface area contributed by atoms with E-state index >= 15 is 0 Å². The summed E-state index contributed by atoms with van der Waals surface area (Å²) in [5.74, 6) is 1.34. The van der Waals surface area contributed by atoms with Gasteiger partial charge in [-0.3, -0.25) is 4.79 Å². The number of pyridine rings is 1. The first-order valence-corrected chi connectivity index (χ1v) is 8.65. The predicted molar refractivity (Wildman–Crippen MR) is 103 cm³/mol. The van der Waals surface area contributed by atoms with Crippen LogP contribution in [0.4, 0.5) is 0 Å². The number of aromatic nitrogens is 1. The molecule has 0 saturated carbocycles. The second-order valence-corrected chi connectivity index (χ2v) is 6.30. The molecule has 0 spiro atoms. The summed E-state index contributed by atoms with van der Waals surface area (Å²) in [4.78, 5) is 15.5. The molecule has 0 fully saturated rings. The molecular weight excluding hydrogens is 324 g/mol. The van der Waals surface area contributed by atoms with Crippen LogP contribution in [0.1, 0.15) is 19.4 Å². The molecule has 2 aromatic carbocycles. The Kier molecular flexibility index (Phi) is 5.64. The van der Waals surface area contributed by atoms with E-state index in [1.165, 1.54) is 12.5 Å². The Morgan fingerprint density at radius 1 is 1.00 bits per heavy atom. The minimum absolute atomic E-state index is 0.00185. The zero-order valence-electron chi connectivity index (χ0n) is 15.0. The van der Waals surface area contributed by atoms with Crippen LogP contribution in [-0.4, -0.2) is 16.9 Å². The lowest BCUT2D eigenvalue weighted by molar-refractivity contribution is -0.119.